The molecular weight excluding hydrogens is 370 g/mol. The molecule has 0 spiro atoms. The normalized spacial score (nSPS) is 12.2. The molecule has 4 rings (SSSR count). The van der Waals surface area contributed by atoms with Crippen molar-refractivity contribution in [2.24, 2.45) is 0 Å². The third kappa shape index (κ3) is 3.63. The van der Waals surface area contributed by atoms with Gasteiger partial charge in [0.25, 0.3) is 0 Å². The van der Waals surface area contributed by atoms with Gasteiger partial charge in [0.1, 0.15) is 0 Å². The van der Waals surface area contributed by atoms with Gasteiger partial charge in [0, 0.05) is 16.1 Å². The molecule has 0 saturated carbocycles. The summed E-state index contributed by atoms with van der Waals surface area (Å²) in [6.07, 6.45) is 0. The van der Waals surface area contributed by atoms with Gasteiger partial charge in [-0.2, -0.15) is 4.98 Å². The first-order chi connectivity index (χ1) is 12.7. The summed E-state index contributed by atoms with van der Waals surface area (Å²) in [5, 5.41) is 12.5. The minimum atomic E-state index is -0.0752. The van der Waals surface area contributed by atoms with E-state index in [1.807, 2.05) is 61.5 Å². The lowest BCUT2D eigenvalue weighted by Crippen LogP contribution is -1.90. The predicted octanol–water partition coefficient (Wildman–Crippen LogP) is 5.03. The summed E-state index contributed by atoms with van der Waals surface area (Å²) in [5.74, 6) is 1.79. The minimum Gasteiger partial charge on any atom is -0.338 e. The van der Waals surface area contributed by atoms with Gasteiger partial charge in [0.15, 0.2) is 5.82 Å². The second kappa shape index (κ2) is 7.31. The molecule has 2 aromatic carbocycles. The maximum absolute atomic E-state index is 5.91. The Morgan fingerprint density at radius 1 is 1.00 bits per heavy atom. The molecule has 1 atom stereocenters. The molecule has 0 aliphatic heterocycles. The van der Waals surface area contributed by atoms with Crippen molar-refractivity contribution in [3.63, 3.8) is 0 Å². The average molecular weight is 384 g/mol. The molecule has 0 saturated heterocycles. The van der Waals surface area contributed by atoms with Crippen LogP contribution in [0.25, 0.3) is 22.8 Å². The number of halogens is 1. The number of rotatable bonds is 5. The predicted molar refractivity (Wildman–Crippen MR) is 101 cm³/mol. The monoisotopic (exact) mass is 383 g/mol. The van der Waals surface area contributed by atoms with Gasteiger partial charge in [-0.1, -0.05) is 58.9 Å². The van der Waals surface area contributed by atoms with Gasteiger partial charge in [-0.05, 0) is 31.2 Å². The molecule has 6 nitrogen and oxygen atoms in total. The number of hydrogen-bond acceptors (Lipinski definition) is 6. The summed E-state index contributed by atoms with van der Waals surface area (Å²) in [6, 6.07) is 17.1. The summed E-state index contributed by atoms with van der Waals surface area (Å²) < 4.78 is 5.40. The number of thioether (sulfide) groups is 1. The van der Waals surface area contributed by atoms with E-state index in [4.69, 9.17) is 16.1 Å². The molecule has 1 N–H and O–H groups in total. The molecule has 2 heterocycles. The number of nitrogens with one attached hydrogen (secondary N) is 1. The van der Waals surface area contributed by atoms with Gasteiger partial charge >= 0.3 is 0 Å². The quantitative estimate of drug-likeness (QED) is 0.487. The van der Waals surface area contributed by atoms with Crippen LogP contribution in [0, 0.1) is 0 Å². The van der Waals surface area contributed by atoms with Gasteiger partial charge in [-0.15, -0.1) is 5.10 Å². The first-order valence-corrected chi connectivity index (χ1v) is 9.19. The summed E-state index contributed by atoms with van der Waals surface area (Å²) in [7, 11) is 0. The Labute approximate surface area is 159 Å². The molecule has 0 radical (unpaired) electrons. The third-order valence-corrected chi connectivity index (χ3v) is 4.89. The van der Waals surface area contributed by atoms with Crippen LogP contribution in [0.1, 0.15) is 18.1 Å². The van der Waals surface area contributed by atoms with Crippen LogP contribution in [-0.2, 0) is 0 Å². The molecule has 0 aliphatic rings. The zero-order valence-corrected chi connectivity index (χ0v) is 15.3. The summed E-state index contributed by atoms with van der Waals surface area (Å²) in [4.78, 5) is 8.98. The highest BCUT2D eigenvalue weighted by Gasteiger charge is 2.19. The van der Waals surface area contributed by atoms with Crippen molar-refractivity contribution in [1.29, 1.82) is 0 Å². The first kappa shape index (κ1) is 16.8. The highest BCUT2D eigenvalue weighted by atomic mass is 35.5. The lowest BCUT2D eigenvalue weighted by molar-refractivity contribution is 0.380. The lowest BCUT2D eigenvalue weighted by atomic mass is 10.2. The maximum Gasteiger partial charge on any atom is 0.240 e. The fourth-order valence-electron chi connectivity index (χ4n) is 2.35. The van der Waals surface area contributed by atoms with Crippen molar-refractivity contribution < 1.29 is 4.52 Å². The molecule has 2 aromatic heterocycles. The SMILES string of the molecule is CC(Sc1n[nH]c(-c2ccc(Cl)cc2)n1)c1nc(-c2ccccc2)no1. The van der Waals surface area contributed by atoms with Crippen molar-refractivity contribution >= 4 is 23.4 Å². The Balaban J connectivity index is 1.48. The van der Waals surface area contributed by atoms with E-state index < -0.39 is 0 Å². The van der Waals surface area contributed by atoms with Gasteiger partial charge in [-0.3, -0.25) is 5.10 Å². The largest absolute Gasteiger partial charge is 0.338 e. The summed E-state index contributed by atoms with van der Waals surface area (Å²) >= 11 is 7.36. The topological polar surface area (TPSA) is 80.5 Å². The molecule has 4 aromatic rings. The number of hydrogen-bond donors (Lipinski definition) is 1. The van der Waals surface area contributed by atoms with E-state index in [1.165, 1.54) is 11.8 Å². The van der Waals surface area contributed by atoms with Gasteiger partial charge in [-0.25, -0.2) is 4.98 Å². The minimum absolute atomic E-state index is 0.0752. The standard InChI is InChI=1S/C18H14ClN5OS/c1-11(17-20-16(24-25-17)12-5-3-2-4-6-12)26-18-21-15(22-23-18)13-7-9-14(19)10-8-13/h2-11H,1H3,(H,21,22,23). The Bertz CT molecular complexity index is 1000. The van der Waals surface area contributed by atoms with E-state index in [1.54, 1.807) is 0 Å². The van der Waals surface area contributed by atoms with Crippen molar-refractivity contribution in [1.82, 2.24) is 25.3 Å². The Morgan fingerprint density at radius 2 is 1.77 bits per heavy atom. The average Bonchev–Trinajstić information content (AvgIpc) is 3.33. The van der Waals surface area contributed by atoms with Gasteiger partial charge in [0.05, 0.1) is 5.25 Å². The van der Waals surface area contributed by atoms with Crippen molar-refractivity contribution in [2.45, 2.75) is 17.3 Å². The van der Waals surface area contributed by atoms with Crippen LogP contribution < -0.4 is 0 Å². The van der Waals surface area contributed by atoms with Crippen molar-refractivity contribution in [3.8, 4) is 22.8 Å². The Kier molecular flexibility index (Phi) is 4.73. The summed E-state index contributed by atoms with van der Waals surface area (Å²) in [6.45, 7) is 1.98. The third-order valence-electron chi connectivity index (χ3n) is 3.69. The van der Waals surface area contributed by atoms with Crippen LogP contribution in [0.2, 0.25) is 5.02 Å². The van der Waals surface area contributed by atoms with E-state index in [-0.39, 0.29) is 5.25 Å². The highest BCUT2D eigenvalue weighted by molar-refractivity contribution is 7.99. The number of H-pyrrole nitrogens is 1. The first-order valence-electron chi connectivity index (χ1n) is 7.93. The van der Waals surface area contributed by atoms with Crippen LogP contribution in [0.5, 0.6) is 0 Å². The molecule has 0 aliphatic carbocycles. The van der Waals surface area contributed by atoms with Crippen LogP contribution in [0.3, 0.4) is 0 Å². The molecule has 8 heteroatoms. The Morgan fingerprint density at radius 3 is 2.54 bits per heavy atom. The second-order valence-corrected chi connectivity index (χ2v) is 7.30. The lowest BCUT2D eigenvalue weighted by Gasteiger charge is -2.01. The Hall–Kier alpha value is -2.64. The van der Waals surface area contributed by atoms with E-state index in [2.05, 4.69) is 25.3 Å². The van der Waals surface area contributed by atoms with E-state index in [0.717, 1.165) is 11.1 Å². The van der Waals surface area contributed by atoms with Crippen LogP contribution in [-0.4, -0.2) is 25.3 Å². The molecule has 1 unspecified atom stereocenters. The second-order valence-electron chi connectivity index (χ2n) is 5.56. The molecule has 26 heavy (non-hydrogen) atoms. The highest BCUT2D eigenvalue weighted by Crippen LogP contribution is 2.33. The van der Waals surface area contributed by atoms with Crippen LogP contribution >= 0.6 is 23.4 Å². The van der Waals surface area contributed by atoms with Crippen molar-refractivity contribution in [2.75, 3.05) is 0 Å². The fourth-order valence-corrected chi connectivity index (χ4v) is 3.23. The van der Waals surface area contributed by atoms with E-state index in [0.29, 0.717) is 27.7 Å². The molecule has 130 valence electrons. The van der Waals surface area contributed by atoms with E-state index in [9.17, 15) is 0 Å². The number of aromatic amines is 1. The summed E-state index contributed by atoms with van der Waals surface area (Å²) in [5.41, 5.74) is 1.84. The molecule has 0 bridgehead atoms. The maximum atomic E-state index is 5.91. The smallest absolute Gasteiger partial charge is 0.240 e. The molecular formula is C18H14ClN5OS. The van der Waals surface area contributed by atoms with Crippen molar-refractivity contribution in [3.05, 3.63) is 65.5 Å². The molecule has 0 amide bonds. The van der Waals surface area contributed by atoms with Crippen LogP contribution in [0.15, 0.2) is 64.3 Å². The fraction of sp³-hybridized carbons (Fsp3) is 0.111. The van der Waals surface area contributed by atoms with E-state index >= 15 is 0 Å². The van der Waals surface area contributed by atoms with Gasteiger partial charge < -0.3 is 4.52 Å². The number of nitrogens with zero attached hydrogens (tertiary/aromatic N) is 4. The number of aromatic nitrogens is 5. The number of benzene rings is 2. The zero-order valence-electron chi connectivity index (χ0n) is 13.8. The van der Waals surface area contributed by atoms with Crippen LogP contribution in [0.4, 0.5) is 0 Å². The van der Waals surface area contributed by atoms with Gasteiger partial charge in [0.2, 0.25) is 16.9 Å². The molecule has 0 fully saturated rings. The zero-order chi connectivity index (χ0) is 17.9.